The summed E-state index contributed by atoms with van der Waals surface area (Å²) in [5.41, 5.74) is 0.956. The molecule has 86 valence electrons. The number of rotatable bonds is 4. The zero-order valence-electron chi connectivity index (χ0n) is 8.99. The molecule has 1 aliphatic rings. The molecule has 0 spiro atoms. The molecule has 0 bridgehead atoms. The molecule has 0 N–H and O–H groups in total. The van der Waals surface area contributed by atoms with Crippen molar-refractivity contribution in [3.05, 3.63) is 28.5 Å². The smallest absolute Gasteiger partial charge is 0.139 e. The minimum absolute atomic E-state index is 0.146. The van der Waals surface area contributed by atoms with Crippen LogP contribution in [-0.4, -0.2) is 23.5 Å². The Morgan fingerprint density at radius 3 is 3.12 bits per heavy atom. The summed E-state index contributed by atoms with van der Waals surface area (Å²) < 4.78 is 6.35. The highest BCUT2D eigenvalue weighted by atomic mass is 79.9. The lowest BCUT2D eigenvalue weighted by Gasteiger charge is -2.07. The highest BCUT2D eigenvalue weighted by molar-refractivity contribution is 9.10. The lowest BCUT2D eigenvalue weighted by atomic mass is 10.0. The highest BCUT2D eigenvalue weighted by Crippen LogP contribution is 2.17. The summed E-state index contributed by atoms with van der Waals surface area (Å²) in [4.78, 5) is 15.8. The monoisotopic (exact) mass is 283 g/mol. The molecule has 1 saturated heterocycles. The van der Waals surface area contributed by atoms with Crippen LogP contribution < -0.4 is 0 Å². The summed E-state index contributed by atoms with van der Waals surface area (Å²) in [6, 6.07) is 1.93. The summed E-state index contributed by atoms with van der Waals surface area (Å²) in [7, 11) is 0. The van der Waals surface area contributed by atoms with E-state index in [1.54, 1.807) is 12.4 Å². The molecular weight excluding hydrogens is 270 g/mol. The molecule has 3 nitrogen and oxygen atoms in total. The maximum absolute atomic E-state index is 11.8. The molecule has 4 heteroatoms. The third-order valence-corrected chi connectivity index (χ3v) is 3.08. The van der Waals surface area contributed by atoms with Gasteiger partial charge in [0.2, 0.25) is 0 Å². The van der Waals surface area contributed by atoms with Crippen LogP contribution in [0.15, 0.2) is 22.9 Å². The zero-order chi connectivity index (χ0) is 11.4. The average Bonchev–Trinajstić information content (AvgIpc) is 2.70. The first-order chi connectivity index (χ1) is 7.74. The molecule has 2 heterocycles. The van der Waals surface area contributed by atoms with E-state index in [0.29, 0.717) is 12.8 Å². The topological polar surface area (TPSA) is 39.2 Å². The van der Waals surface area contributed by atoms with Crippen molar-refractivity contribution in [2.45, 2.75) is 31.8 Å². The third-order valence-electron chi connectivity index (χ3n) is 2.64. The quantitative estimate of drug-likeness (QED) is 0.853. The number of nitrogens with zero attached hydrogens (tertiary/aromatic N) is 1. The van der Waals surface area contributed by atoms with Gasteiger partial charge in [-0.1, -0.05) is 0 Å². The Morgan fingerprint density at radius 1 is 1.56 bits per heavy atom. The van der Waals surface area contributed by atoms with Gasteiger partial charge in [0.05, 0.1) is 6.10 Å². The van der Waals surface area contributed by atoms with E-state index in [1.807, 2.05) is 6.07 Å². The molecule has 1 aromatic rings. The van der Waals surface area contributed by atoms with Crippen molar-refractivity contribution in [2.24, 2.45) is 0 Å². The van der Waals surface area contributed by atoms with E-state index in [0.717, 1.165) is 29.5 Å². The van der Waals surface area contributed by atoms with Gasteiger partial charge in [-0.3, -0.25) is 9.78 Å². The van der Waals surface area contributed by atoms with Crippen molar-refractivity contribution in [3.63, 3.8) is 0 Å². The van der Waals surface area contributed by atoms with Gasteiger partial charge < -0.3 is 4.74 Å². The number of hydrogen-bond acceptors (Lipinski definition) is 3. The Hall–Kier alpha value is -0.740. The number of carbonyl (C=O) groups is 1. The maximum Gasteiger partial charge on any atom is 0.139 e. The molecule has 1 aliphatic heterocycles. The Balaban J connectivity index is 1.86. The molecular formula is C12H14BrNO2. The Kier molecular flexibility index (Phi) is 4.07. The van der Waals surface area contributed by atoms with Crippen molar-refractivity contribution in [1.82, 2.24) is 4.98 Å². The summed E-state index contributed by atoms with van der Waals surface area (Å²) in [5.74, 6) is 0.229. The number of ether oxygens (including phenoxy) is 1. The predicted octanol–water partition coefficient (Wildman–Crippen LogP) is 2.52. The molecule has 1 fully saturated rings. The van der Waals surface area contributed by atoms with Crippen LogP contribution in [0.2, 0.25) is 0 Å². The first-order valence-electron chi connectivity index (χ1n) is 5.47. The molecule has 1 atom stereocenters. The van der Waals surface area contributed by atoms with Crippen LogP contribution in [0.1, 0.15) is 24.8 Å². The Labute approximate surface area is 103 Å². The fourth-order valence-corrected chi connectivity index (χ4v) is 2.32. The van der Waals surface area contributed by atoms with Crippen LogP contribution in [0, 0.1) is 0 Å². The van der Waals surface area contributed by atoms with Gasteiger partial charge in [0.25, 0.3) is 0 Å². The largest absolute Gasteiger partial charge is 0.378 e. The van der Waals surface area contributed by atoms with Crippen molar-refractivity contribution >= 4 is 21.7 Å². The lowest BCUT2D eigenvalue weighted by Crippen LogP contribution is -2.14. The first-order valence-corrected chi connectivity index (χ1v) is 6.26. The molecule has 0 saturated carbocycles. The Bertz CT molecular complexity index is 375. The number of hydrogen-bond donors (Lipinski definition) is 0. The van der Waals surface area contributed by atoms with Gasteiger partial charge in [-0.05, 0) is 40.4 Å². The molecule has 0 amide bonds. The normalized spacial score (nSPS) is 19.9. The average molecular weight is 284 g/mol. The van der Waals surface area contributed by atoms with Crippen LogP contribution >= 0.6 is 15.9 Å². The van der Waals surface area contributed by atoms with Gasteiger partial charge in [0.15, 0.2) is 0 Å². The summed E-state index contributed by atoms with van der Waals surface area (Å²) >= 11 is 3.34. The van der Waals surface area contributed by atoms with E-state index in [4.69, 9.17) is 4.74 Å². The van der Waals surface area contributed by atoms with Crippen LogP contribution in [0.25, 0.3) is 0 Å². The molecule has 0 aliphatic carbocycles. The number of carbonyl (C=O) groups excluding carboxylic acids is 1. The van der Waals surface area contributed by atoms with Gasteiger partial charge >= 0.3 is 0 Å². The fraction of sp³-hybridized carbons (Fsp3) is 0.500. The van der Waals surface area contributed by atoms with Gasteiger partial charge in [-0.2, -0.15) is 0 Å². The van der Waals surface area contributed by atoms with E-state index in [1.165, 1.54) is 0 Å². The van der Waals surface area contributed by atoms with Crippen LogP contribution in [0.3, 0.4) is 0 Å². The minimum Gasteiger partial charge on any atom is -0.378 e. The van der Waals surface area contributed by atoms with E-state index in [2.05, 4.69) is 20.9 Å². The fourth-order valence-electron chi connectivity index (χ4n) is 1.91. The number of ketones is 1. The minimum atomic E-state index is 0.146. The second kappa shape index (κ2) is 5.55. The molecule has 1 aromatic heterocycles. The highest BCUT2D eigenvalue weighted by Gasteiger charge is 2.19. The summed E-state index contributed by atoms with van der Waals surface area (Å²) in [6.45, 7) is 0.802. The molecule has 0 aromatic carbocycles. The summed E-state index contributed by atoms with van der Waals surface area (Å²) in [5, 5.41) is 0. The zero-order valence-corrected chi connectivity index (χ0v) is 10.6. The number of pyridine rings is 1. The number of halogens is 1. The standard InChI is InChI=1S/C12H14BrNO2/c13-10-4-9(7-14-8-10)5-11(15)6-12-2-1-3-16-12/h4,7-8,12H,1-3,5-6H2. The van der Waals surface area contributed by atoms with Crippen molar-refractivity contribution in [1.29, 1.82) is 0 Å². The van der Waals surface area contributed by atoms with E-state index >= 15 is 0 Å². The van der Waals surface area contributed by atoms with Crippen molar-refractivity contribution < 1.29 is 9.53 Å². The van der Waals surface area contributed by atoms with Gasteiger partial charge in [0, 0.05) is 36.3 Å². The van der Waals surface area contributed by atoms with E-state index in [-0.39, 0.29) is 11.9 Å². The SMILES string of the molecule is O=C(Cc1cncc(Br)c1)CC1CCCO1. The summed E-state index contributed by atoms with van der Waals surface area (Å²) in [6.07, 6.45) is 6.68. The van der Waals surface area contributed by atoms with Crippen LogP contribution in [0.5, 0.6) is 0 Å². The van der Waals surface area contributed by atoms with Crippen molar-refractivity contribution in [2.75, 3.05) is 6.61 Å². The van der Waals surface area contributed by atoms with E-state index in [9.17, 15) is 4.79 Å². The third kappa shape index (κ3) is 3.39. The maximum atomic E-state index is 11.8. The molecule has 0 radical (unpaired) electrons. The van der Waals surface area contributed by atoms with Crippen LogP contribution in [0.4, 0.5) is 0 Å². The number of aromatic nitrogens is 1. The van der Waals surface area contributed by atoms with Crippen LogP contribution in [-0.2, 0) is 16.0 Å². The number of Topliss-reactive ketones (excluding diaryl/α,β-unsaturated/α-hetero) is 1. The molecule has 16 heavy (non-hydrogen) atoms. The molecule has 2 rings (SSSR count). The second-order valence-electron chi connectivity index (χ2n) is 4.07. The van der Waals surface area contributed by atoms with Gasteiger partial charge in [0.1, 0.15) is 5.78 Å². The first kappa shape index (κ1) is 11.7. The van der Waals surface area contributed by atoms with E-state index < -0.39 is 0 Å². The second-order valence-corrected chi connectivity index (χ2v) is 4.98. The Morgan fingerprint density at radius 2 is 2.44 bits per heavy atom. The van der Waals surface area contributed by atoms with Crippen molar-refractivity contribution in [3.8, 4) is 0 Å². The molecule has 1 unspecified atom stereocenters. The predicted molar refractivity (Wildman–Crippen MR) is 64.2 cm³/mol. The van der Waals surface area contributed by atoms with Gasteiger partial charge in [-0.15, -0.1) is 0 Å². The van der Waals surface area contributed by atoms with Gasteiger partial charge in [-0.25, -0.2) is 0 Å². The lowest BCUT2D eigenvalue weighted by molar-refractivity contribution is -0.120.